The molecule has 1 fully saturated rings. The highest BCUT2D eigenvalue weighted by Gasteiger charge is 2.34. The van der Waals surface area contributed by atoms with Gasteiger partial charge in [-0.1, -0.05) is 25.4 Å². The van der Waals surface area contributed by atoms with Crippen LogP contribution in [-0.2, 0) is 19.6 Å². The first-order valence-corrected chi connectivity index (χ1v) is 10.2. The molecule has 3 atom stereocenters. The molecule has 140 valence electrons. The highest BCUT2D eigenvalue weighted by molar-refractivity contribution is 7.89. The molecule has 0 spiro atoms. The molecule has 1 aromatic carbocycles. The number of morpholine rings is 1. The number of hydrogen-bond donors (Lipinski definition) is 1. The average molecular weight is 389 g/mol. The highest BCUT2D eigenvalue weighted by Crippen LogP contribution is 2.18. The second-order valence-electron chi connectivity index (χ2n) is 6.80. The Labute approximate surface area is 154 Å². The van der Waals surface area contributed by atoms with Crippen LogP contribution in [0.5, 0.6) is 0 Å². The van der Waals surface area contributed by atoms with Crippen LogP contribution >= 0.6 is 11.6 Å². The molecular formula is C17H25ClN2O4S. The van der Waals surface area contributed by atoms with E-state index in [0.29, 0.717) is 18.1 Å². The summed E-state index contributed by atoms with van der Waals surface area (Å²) < 4.78 is 33.4. The third kappa shape index (κ3) is 5.17. The Kier molecular flexibility index (Phi) is 6.48. The van der Waals surface area contributed by atoms with Gasteiger partial charge >= 0.3 is 0 Å². The molecule has 25 heavy (non-hydrogen) atoms. The van der Waals surface area contributed by atoms with Crippen LogP contribution in [0.1, 0.15) is 27.7 Å². The number of carbonyl (C=O) groups excluding carboxylic acids is 1. The Balaban J connectivity index is 2.20. The molecule has 1 aromatic rings. The number of carbonyl (C=O) groups is 1. The Bertz CT molecular complexity index is 696. The predicted octanol–water partition coefficient (Wildman–Crippen LogP) is 2.28. The molecule has 1 aliphatic rings. The van der Waals surface area contributed by atoms with Gasteiger partial charge in [-0.3, -0.25) is 4.79 Å². The largest absolute Gasteiger partial charge is 0.372 e. The number of halogens is 1. The minimum absolute atomic E-state index is 0.0756. The van der Waals surface area contributed by atoms with Gasteiger partial charge in [-0.2, -0.15) is 4.72 Å². The lowest BCUT2D eigenvalue weighted by Gasteiger charge is -2.38. The summed E-state index contributed by atoms with van der Waals surface area (Å²) in [4.78, 5) is 14.7. The van der Waals surface area contributed by atoms with Crippen LogP contribution < -0.4 is 4.72 Å². The van der Waals surface area contributed by atoms with E-state index in [1.165, 1.54) is 24.3 Å². The van der Waals surface area contributed by atoms with Crippen molar-refractivity contribution in [2.45, 2.75) is 50.8 Å². The van der Waals surface area contributed by atoms with E-state index in [9.17, 15) is 13.2 Å². The van der Waals surface area contributed by atoms with Crippen molar-refractivity contribution in [3.63, 3.8) is 0 Å². The number of sulfonamides is 1. The topological polar surface area (TPSA) is 75.7 Å². The zero-order valence-corrected chi connectivity index (χ0v) is 16.5. The summed E-state index contributed by atoms with van der Waals surface area (Å²) in [6, 6.07) is 5.02. The second-order valence-corrected chi connectivity index (χ2v) is 8.95. The van der Waals surface area contributed by atoms with Crippen molar-refractivity contribution < 1.29 is 17.9 Å². The van der Waals surface area contributed by atoms with E-state index in [2.05, 4.69) is 4.72 Å². The van der Waals surface area contributed by atoms with Crippen molar-refractivity contribution in [3.8, 4) is 0 Å². The smallest absolute Gasteiger partial charge is 0.241 e. The predicted molar refractivity (Wildman–Crippen MR) is 97.0 cm³/mol. The van der Waals surface area contributed by atoms with E-state index < -0.39 is 16.1 Å². The number of nitrogens with zero attached hydrogens (tertiary/aromatic N) is 1. The highest BCUT2D eigenvalue weighted by atomic mass is 35.5. The van der Waals surface area contributed by atoms with Gasteiger partial charge in [-0.15, -0.1) is 0 Å². The summed E-state index contributed by atoms with van der Waals surface area (Å²) in [6.07, 6.45) is -0.151. The van der Waals surface area contributed by atoms with Gasteiger partial charge in [0.25, 0.3) is 0 Å². The van der Waals surface area contributed by atoms with Crippen molar-refractivity contribution in [2.75, 3.05) is 13.1 Å². The summed E-state index contributed by atoms with van der Waals surface area (Å²) in [5.41, 5.74) is 0. The standard InChI is InChI=1S/C17H25ClN2O4S/c1-11(2)16(17(21)20-9-12(3)24-13(4)10-20)19-25(22,23)15-7-5-14(18)6-8-15/h5-8,11-13,16,19H,9-10H2,1-4H3/t12-,13-,16+/m1/s1. The lowest BCUT2D eigenvalue weighted by atomic mass is 10.0. The zero-order valence-electron chi connectivity index (χ0n) is 14.9. The van der Waals surface area contributed by atoms with Gasteiger partial charge in [0.2, 0.25) is 15.9 Å². The third-order valence-corrected chi connectivity index (χ3v) is 5.78. The lowest BCUT2D eigenvalue weighted by molar-refractivity contribution is -0.145. The SMILES string of the molecule is CC(C)[C@H](NS(=O)(=O)c1ccc(Cl)cc1)C(=O)N1C[C@@H](C)O[C@H](C)C1. The number of benzene rings is 1. The number of nitrogens with one attached hydrogen (secondary N) is 1. The minimum Gasteiger partial charge on any atom is -0.372 e. The quantitative estimate of drug-likeness (QED) is 0.839. The molecule has 0 radical (unpaired) electrons. The normalized spacial score (nSPS) is 22.9. The van der Waals surface area contributed by atoms with E-state index in [4.69, 9.17) is 16.3 Å². The number of amides is 1. The maximum Gasteiger partial charge on any atom is 0.241 e. The van der Waals surface area contributed by atoms with Gasteiger partial charge in [0, 0.05) is 18.1 Å². The van der Waals surface area contributed by atoms with Crippen molar-refractivity contribution in [3.05, 3.63) is 29.3 Å². The Hall–Kier alpha value is -1.15. The van der Waals surface area contributed by atoms with Gasteiger partial charge in [-0.05, 0) is 44.0 Å². The molecule has 0 bridgehead atoms. The zero-order chi connectivity index (χ0) is 18.8. The fourth-order valence-electron chi connectivity index (χ4n) is 2.88. The van der Waals surface area contributed by atoms with Gasteiger partial charge in [0.1, 0.15) is 6.04 Å². The van der Waals surface area contributed by atoms with Crippen LogP contribution in [0, 0.1) is 5.92 Å². The van der Waals surface area contributed by atoms with Crippen molar-refractivity contribution in [1.29, 1.82) is 0 Å². The molecule has 1 saturated heterocycles. The van der Waals surface area contributed by atoms with E-state index in [1.807, 2.05) is 27.7 Å². The average Bonchev–Trinajstić information content (AvgIpc) is 2.51. The first kappa shape index (κ1) is 20.2. The van der Waals surface area contributed by atoms with Crippen molar-refractivity contribution in [2.24, 2.45) is 5.92 Å². The maximum absolute atomic E-state index is 12.9. The maximum atomic E-state index is 12.9. The monoisotopic (exact) mass is 388 g/mol. The van der Waals surface area contributed by atoms with Crippen LogP contribution in [0.15, 0.2) is 29.2 Å². The van der Waals surface area contributed by atoms with E-state index in [0.717, 1.165) is 0 Å². The fraction of sp³-hybridized carbons (Fsp3) is 0.588. The van der Waals surface area contributed by atoms with Crippen molar-refractivity contribution >= 4 is 27.5 Å². The van der Waals surface area contributed by atoms with Crippen molar-refractivity contribution in [1.82, 2.24) is 9.62 Å². The van der Waals surface area contributed by atoms with Crippen LogP contribution in [0.4, 0.5) is 0 Å². The summed E-state index contributed by atoms with van der Waals surface area (Å²) in [5, 5.41) is 0.451. The van der Waals surface area contributed by atoms with E-state index in [-0.39, 0.29) is 28.9 Å². The number of hydrogen-bond acceptors (Lipinski definition) is 4. The first-order valence-electron chi connectivity index (χ1n) is 8.32. The number of ether oxygens (including phenoxy) is 1. The Morgan fingerprint density at radius 3 is 2.20 bits per heavy atom. The molecule has 1 N–H and O–H groups in total. The van der Waals surface area contributed by atoms with Crippen LogP contribution in [0.25, 0.3) is 0 Å². The molecule has 0 aliphatic carbocycles. The van der Waals surface area contributed by atoms with Crippen LogP contribution in [0.3, 0.4) is 0 Å². The van der Waals surface area contributed by atoms with Gasteiger partial charge in [0.15, 0.2) is 0 Å². The van der Waals surface area contributed by atoms with E-state index >= 15 is 0 Å². The molecule has 1 aliphatic heterocycles. The van der Waals surface area contributed by atoms with Crippen LogP contribution in [0.2, 0.25) is 5.02 Å². The molecule has 8 heteroatoms. The van der Waals surface area contributed by atoms with Gasteiger partial charge in [0.05, 0.1) is 17.1 Å². The minimum atomic E-state index is -3.82. The molecule has 1 heterocycles. The Morgan fingerprint density at radius 1 is 1.20 bits per heavy atom. The molecule has 0 unspecified atom stereocenters. The third-order valence-electron chi connectivity index (χ3n) is 4.07. The van der Waals surface area contributed by atoms with Crippen LogP contribution in [-0.4, -0.2) is 50.6 Å². The summed E-state index contributed by atoms with van der Waals surface area (Å²) in [7, 11) is -3.82. The Morgan fingerprint density at radius 2 is 1.72 bits per heavy atom. The second kappa shape index (κ2) is 8.03. The molecule has 1 amide bonds. The van der Waals surface area contributed by atoms with E-state index in [1.54, 1.807) is 4.90 Å². The number of rotatable bonds is 5. The van der Waals surface area contributed by atoms with Gasteiger partial charge in [-0.25, -0.2) is 8.42 Å². The molecule has 2 rings (SSSR count). The summed E-state index contributed by atoms with van der Waals surface area (Å²) in [6.45, 7) is 8.35. The summed E-state index contributed by atoms with van der Waals surface area (Å²) >= 11 is 5.81. The molecule has 6 nitrogen and oxygen atoms in total. The summed E-state index contributed by atoms with van der Waals surface area (Å²) in [5.74, 6) is -0.419. The molecule has 0 aromatic heterocycles. The fourth-order valence-corrected chi connectivity index (χ4v) is 4.34. The molecular weight excluding hydrogens is 364 g/mol. The van der Waals surface area contributed by atoms with Gasteiger partial charge < -0.3 is 9.64 Å². The lowest BCUT2D eigenvalue weighted by Crippen LogP contribution is -2.56. The molecule has 0 saturated carbocycles. The first-order chi connectivity index (χ1) is 11.6.